The lowest BCUT2D eigenvalue weighted by molar-refractivity contribution is -0.116. The number of nitrogens with one attached hydrogen (secondary N) is 1. The van der Waals surface area contributed by atoms with Gasteiger partial charge in [-0.05, 0) is 23.8 Å². The Bertz CT molecular complexity index is 1210. The summed E-state index contributed by atoms with van der Waals surface area (Å²) in [6, 6.07) is 26.7. The molecule has 0 spiro atoms. The van der Waals surface area contributed by atoms with Gasteiger partial charge in [0.25, 0.3) is 0 Å². The van der Waals surface area contributed by atoms with Crippen molar-refractivity contribution in [1.29, 1.82) is 0 Å². The standard InChI is InChI=1S/C26H23N3O2/c30-24(21-11-5-2-6-12-21)19-29-23-14-8-7-13-22(23)28-25(29)17-18-27-26(31)16-15-20-9-3-1-4-10-20/h1-16H,17-19H2,(H,27,31)/b16-15+. The predicted molar refractivity (Wildman–Crippen MR) is 123 cm³/mol. The molecule has 0 saturated carbocycles. The van der Waals surface area contributed by atoms with Crippen LogP contribution in [0.3, 0.4) is 0 Å². The van der Waals surface area contributed by atoms with Crippen molar-refractivity contribution in [1.82, 2.24) is 14.9 Å². The molecule has 0 fully saturated rings. The molecule has 0 aliphatic carbocycles. The van der Waals surface area contributed by atoms with E-state index in [1.54, 1.807) is 6.08 Å². The predicted octanol–water partition coefficient (Wildman–Crippen LogP) is 4.29. The van der Waals surface area contributed by atoms with Crippen LogP contribution in [0.25, 0.3) is 17.1 Å². The van der Waals surface area contributed by atoms with Crippen molar-refractivity contribution in [3.8, 4) is 0 Å². The van der Waals surface area contributed by atoms with Gasteiger partial charge in [-0.15, -0.1) is 0 Å². The molecular formula is C26H23N3O2. The van der Waals surface area contributed by atoms with Gasteiger partial charge in [0.1, 0.15) is 5.82 Å². The molecule has 1 amide bonds. The number of imidazole rings is 1. The van der Waals surface area contributed by atoms with Gasteiger partial charge in [-0.2, -0.15) is 0 Å². The maximum Gasteiger partial charge on any atom is 0.244 e. The number of Topliss-reactive ketones (excluding diaryl/α,β-unsaturated/α-hetero) is 1. The zero-order valence-corrected chi connectivity index (χ0v) is 17.1. The Balaban J connectivity index is 1.45. The summed E-state index contributed by atoms with van der Waals surface area (Å²) in [7, 11) is 0. The molecule has 0 bridgehead atoms. The summed E-state index contributed by atoms with van der Waals surface area (Å²) in [5.41, 5.74) is 3.40. The SMILES string of the molecule is O=C(/C=C/c1ccccc1)NCCc1nc2ccccc2n1CC(=O)c1ccccc1. The fourth-order valence-corrected chi connectivity index (χ4v) is 3.44. The lowest BCUT2D eigenvalue weighted by Crippen LogP contribution is -2.25. The molecule has 31 heavy (non-hydrogen) atoms. The number of carbonyl (C=O) groups excluding carboxylic acids is 2. The molecule has 1 N–H and O–H groups in total. The lowest BCUT2D eigenvalue weighted by atomic mass is 10.1. The number of hydrogen-bond acceptors (Lipinski definition) is 3. The molecule has 1 heterocycles. The Morgan fingerprint density at radius 1 is 0.871 bits per heavy atom. The third kappa shape index (κ3) is 5.14. The zero-order valence-electron chi connectivity index (χ0n) is 17.1. The van der Waals surface area contributed by atoms with E-state index in [1.165, 1.54) is 6.08 Å². The van der Waals surface area contributed by atoms with Crippen LogP contribution in [0.4, 0.5) is 0 Å². The summed E-state index contributed by atoms with van der Waals surface area (Å²) in [4.78, 5) is 29.6. The highest BCUT2D eigenvalue weighted by molar-refractivity contribution is 5.96. The molecule has 154 valence electrons. The van der Waals surface area contributed by atoms with E-state index in [1.807, 2.05) is 89.5 Å². The van der Waals surface area contributed by atoms with Crippen molar-refractivity contribution in [3.63, 3.8) is 0 Å². The fourth-order valence-electron chi connectivity index (χ4n) is 3.44. The van der Waals surface area contributed by atoms with Gasteiger partial charge in [-0.1, -0.05) is 72.8 Å². The molecule has 0 aliphatic heterocycles. The number of fused-ring (bicyclic) bond motifs is 1. The van der Waals surface area contributed by atoms with Crippen LogP contribution >= 0.6 is 0 Å². The molecule has 0 aliphatic rings. The Morgan fingerprint density at radius 3 is 2.32 bits per heavy atom. The Labute approximate surface area is 181 Å². The molecule has 1 aromatic heterocycles. The van der Waals surface area contributed by atoms with E-state index < -0.39 is 0 Å². The first-order valence-electron chi connectivity index (χ1n) is 10.2. The molecule has 4 aromatic rings. The van der Waals surface area contributed by atoms with Crippen molar-refractivity contribution in [3.05, 3.63) is 108 Å². The molecule has 4 rings (SSSR count). The summed E-state index contributed by atoms with van der Waals surface area (Å²) in [5, 5.41) is 2.89. The van der Waals surface area contributed by atoms with Crippen LogP contribution in [0.2, 0.25) is 0 Å². The van der Waals surface area contributed by atoms with E-state index in [4.69, 9.17) is 4.98 Å². The van der Waals surface area contributed by atoms with E-state index in [2.05, 4.69) is 5.32 Å². The molecule has 0 atom stereocenters. The summed E-state index contributed by atoms with van der Waals surface area (Å²) in [6.45, 7) is 0.641. The molecule has 5 nitrogen and oxygen atoms in total. The summed E-state index contributed by atoms with van der Waals surface area (Å²) in [5.74, 6) is 0.643. The van der Waals surface area contributed by atoms with Crippen molar-refractivity contribution < 1.29 is 9.59 Å². The Kier molecular flexibility index (Phi) is 6.33. The number of ketones is 1. The van der Waals surface area contributed by atoms with Crippen LogP contribution in [0.15, 0.2) is 91.0 Å². The average molecular weight is 409 g/mol. The third-order valence-corrected chi connectivity index (χ3v) is 5.01. The molecular weight excluding hydrogens is 386 g/mol. The smallest absolute Gasteiger partial charge is 0.244 e. The highest BCUT2D eigenvalue weighted by Gasteiger charge is 2.14. The minimum absolute atomic E-state index is 0.0276. The number of aromatic nitrogens is 2. The van der Waals surface area contributed by atoms with Crippen molar-refractivity contribution in [2.45, 2.75) is 13.0 Å². The van der Waals surface area contributed by atoms with Gasteiger partial charge in [0.05, 0.1) is 17.6 Å². The monoisotopic (exact) mass is 409 g/mol. The van der Waals surface area contributed by atoms with Gasteiger partial charge in [0.2, 0.25) is 5.91 Å². The quantitative estimate of drug-likeness (QED) is 0.349. The second-order valence-electron chi connectivity index (χ2n) is 7.18. The van der Waals surface area contributed by atoms with Crippen LogP contribution in [0.1, 0.15) is 21.7 Å². The van der Waals surface area contributed by atoms with Gasteiger partial charge >= 0.3 is 0 Å². The zero-order chi connectivity index (χ0) is 21.5. The van der Waals surface area contributed by atoms with Gasteiger partial charge in [0, 0.05) is 24.6 Å². The normalized spacial score (nSPS) is 11.1. The van der Waals surface area contributed by atoms with E-state index in [0.717, 1.165) is 22.4 Å². The van der Waals surface area contributed by atoms with Crippen molar-refractivity contribution in [2.24, 2.45) is 0 Å². The highest BCUT2D eigenvalue weighted by atomic mass is 16.1. The maximum atomic E-state index is 12.8. The molecule has 3 aromatic carbocycles. The molecule has 0 saturated heterocycles. The minimum Gasteiger partial charge on any atom is -0.352 e. The summed E-state index contributed by atoms with van der Waals surface area (Å²) < 4.78 is 1.94. The largest absolute Gasteiger partial charge is 0.352 e. The van der Waals surface area contributed by atoms with Crippen LogP contribution in [0.5, 0.6) is 0 Å². The second-order valence-corrected chi connectivity index (χ2v) is 7.18. The van der Waals surface area contributed by atoms with Crippen LogP contribution < -0.4 is 5.32 Å². The number of para-hydroxylation sites is 2. The van der Waals surface area contributed by atoms with Crippen molar-refractivity contribution in [2.75, 3.05) is 6.54 Å². The van der Waals surface area contributed by atoms with Crippen molar-refractivity contribution >= 4 is 28.8 Å². The summed E-state index contributed by atoms with van der Waals surface area (Å²) in [6.07, 6.45) is 3.84. The highest BCUT2D eigenvalue weighted by Crippen LogP contribution is 2.17. The lowest BCUT2D eigenvalue weighted by Gasteiger charge is -2.09. The van der Waals surface area contributed by atoms with Gasteiger partial charge < -0.3 is 9.88 Å². The topological polar surface area (TPSA) is 64.0 Å². The van der Waals surface area contributed by atoms with Gasteiger partial charge in [-0.25, -0.2) is 4.98 Å². The third-order valence-electron chi connectivity index (χ3n) is 5.01. The first kappa shape index (κ1) is 20.3. The van der Waals surface area contributed by atoms with E-state index >= 15 is 0 Å². The number of nitrogens with zero attached hydrogens (tertiary/aromatic N) is 2. The number of rotatable bonds is 8. The first-order valence-corrected chi connectivity index (χ1v) is 10.2. The minimum atomic E-state index is -0.160. The van der Waals surface area contributed by atoms with Gasteiger partial charge in [-0.3, -0.25) is 9.59 Å². The van der Waals surface area contributed by atoms with Gasteiger partial charge in [0.15, 0.2) is 5.78 Å². The van der Waals surface area contributed by atoms with E-state index in [9.17, 15) is 9.59 Å². The molecule has 0 radical (unpaired) electrons. The van der Waals surface area contributed by atoms with E-state index in [0.29, 0.717) is 18.5 Å². The molecule has 0 unspecified atom stereocenters. The summed E-state index contributed by atoms with van der Waals surface area (Å²) >= 11 is 0. The maximum absolute atomic E-state index is 12.8. The van der Waals surface area contributed by atoms with E-state index in [-0.39, 0.29) is 18.2 Å². The number of amides is 1. The van der Waals surface area contributed by atoms with Crippen LogP contribution in [0, 0.1) is 0 Å². The number of hydrogen-bond donors (Lipinski definition) is 1. The average Bonchev–Trinajstić information content (AvgIpc) is 3.16. The number of benzene rings is 3. The van der Waals surface area contributed by atoms with Crippen LogP contribution in [-0.2, 0) is 17.8 Å². The first-order chi connectivity index (χ1) is 15.2. The molecule has 5 heteroatoms. The second kappa shape index (κ2) is 9.67. The fraction of sp³-hybridized carbons (Fsp3) is 0.115. The Hall–Kier alpha value is -3.99. The Morgan fingerprint density at radius 2 is 1.55 bits per heavy atom. The number of carbonyl (C=O) groups is 2. The van der Waals surface area contributed by atoms with Crippen LogP contribution in [-0.4, -0.2) is 27.8 Å².